The normalized spacial score (nSPS) is 14.4. The molecule has 0 rings (SSSR count). The van der Waals surface area contributed by atoms with Crippen LogP contribution in [0.5, 0.6) is 0 Å². The van der Waals surface area contributed by atoms with Gasteiger partial charge in [-0.15, -0.1) is 0 Å². The molecule has 2 unspecified atom stereocenters. The lowest BCUT2D eigenvalue weighted by atomic mass is 10.0. The van der Waals surface area contributed by atoms with Crippen molar-refractivity contribution in [3.63, 3.8) is 0 Å². The molecule has 0 saturated heterocycles. The van der Waals surface area contributed by atoms with E-state index in [1.165, 1.54) is 0 Å². The van der Waals surface area contributed by atoms with Gasteiger partial charge in [0.05, 0.1) is 0 Å². The Morgan fingerprint density at radius 3 is 1.14 bits per heavy atom. The van der Waals surface area contributed by atoms with Crippen LogP contribution in [0.4, 0.5) is 35.1 Å². The molecule has 0 aliphatic carbocycles. The highest BCUT2D eigenvalue weighted by molar-refractivity contribution is 7.85. The summed E-state index contributed by atoms with van der Waals surface area (Å²) in [6.45, 7) is 0.0599. The molecule has 0 aromatic carbocycles. The van der Waals surface area contributed by atoms with Crippen molar-refractivity contribution in [1.82, 2.24) is 0 Å². The summed E-state index contributed by atoms with van der Waals surface area (Å²) in [6.07, 6.45) is -3.91. The quantitative estimate of drug-likeness (QED) is 0.0477. The van der Waals surface area contributed by atoms with Gasteiger partial charge in [0.15, 0.2) is 0 Å². The molecule has 0 aromatic heterocycles. The summed E-state index contributed by atoms with van der Waals surface area (Å²) in [5.74, 6) is -8.40. The van der Waals surface area contributed by atoms with Crippen molar-refractivity contribution in [2.24, 2.45) is 0 Å². The van der Waals surface area contributed by atoms with Crippen LogP contribution in [0, 0.1) is 0 Å². The number of rotatable bonds is 24. The molecule has 43 heavy (non-hydrogen) atoms. The molecule has 7 nitrogen and oxygen atoms in total. The number of carbonyl (C=O) groups excluding carboxylic acids is 2. The van der Waals surface area contributed by atoms with E-state index in [9.17, 15) is 53.1 Å². The fourth-order valence-corrected chi connectivity index (χ4v) is 4.91. The van der Waals surface area contributed by atoms with Crippen LogP contribution >= 0.6 is 0 Å². The molecule has 2 atom stereocenters. The van der Waals surface area contributed by atoms with Gasteiger partial charge in [-0.05, 0) is 12.8 Å². The highest BCUT2D eigenvalue weighted by atomic mass is 32.2. The van der Waals surface area contributed by atoms with Gasteiger partial charge in [-0.3, -0.25) is 14.1 Å². The summed E-state index contributed by atoms with van der Waals surface area (Å²) in [7, 11) is -4.96. The largest absolute Gasteiger partial charge is 0.451 e. The molecule has 0 spiro atoms. The summed E-state index contributed by atoms with van der Waals surface area (Å²) in [4.78, 5) is 23.1. The summed E-state index contributed by atoms with van der Waals surface area (Å²) in [5.41, 5.74) is 0. The maximum Gasteiger partial charge on any atom is 0.431 e. The van der Waals surface area contributed by atoms with Crippen molar-refractivity contribution in [2.75, 3.05) is 5.75 Å². The third kappa shape index (κ3) is 23.4. The van der Waals surface area contributed by atoms with E-state index in [4.69, 9.17) is 4.55 Å². The summed E-state index contributed by atoms with van der Waals surface area (Å²) in [6, 6.07) is 0. The summed E-state index contributed by atoms with van der Waals surface area (Å²) < 4.78 is 140. The van der Waals surface area contributed by atoms with Crippen LogP contribution in [0.1, 0.15) is 122 Å². The summed E-state index contributed by atoms with van der Waals surface area (Å²) >= 11 is 0. The van der Waals surface area contributed by atoms with E-state index in [2.05, 4.69) is 9.47 Å². The van der Waals surface area contributed by atoms with Crippen LogP contribution in [0.2, 0.25) is 0 Å². The van der Waals surface area contributed by atoms with Gasteiger partial charge in [0.25, 0.3) is 22.1 Å². The van der Waals surface area contributed by atoms with Crippen LogP contribution in [-0.2, 0) is 29.2 Å². The Kier molecular flexibility index (Phi) is 19.5. The smallest absolute Gasteiger partial charge is 0.431 e. The zero-order valence-corrected chi connectivity index (χ0v) is 25.2. The molecule has 16 heteroatoms. The second-order valence-electron chi connectivity index (χ2n) is 10.8. The van der Waals surface area contributed by atoms with Crippen molar-refractivity contribution in [3.8, 4) is 0 Å². The molecule has 0 amide bonds. The number of halogens is 8. The lowest BCUT2D eigenvalue weighted by Gasteiger charge is -2.25. The fraction of sp³-hybridized carbons (Fsp3) is 0.926. The third-order valence-electron chi connectivity index (χ3n) is 6.52. The Bertz CT molecular complexity index is 873. The summed E-state index contributed by atoms with van der Waals surface area (Å²) in [5, 5.41) is 0. The topological polar surface area (TPSA) is 107 Å². The molecule has 0 aromatic rings. The Labute approximate surface area is 248 Å². The Balaban J connectivity index is 3.64. The monoisotopic (exact) mass is 664 g/mol. The van der Waals surface area contributed by atoms with E-state index in [0.717, 1.165) is 77.0 Å². The zero-order valence-electron chi connectivity index (χ0n) is 24.4. The molecule has 0 heterocycles. The predicted octanol–water partition coefficient (Wildman–Crippen LogP) is 8.50. The molecular weight excluding hydrogens is 620 g/mol. The first-order chi connectivity index (χ1) is 19.7. The number of hydrogen-bond donors (Lipinski definition) is 1. The number of unbranched alkanes of at least 4 members (excludes halogenated alkanes) is 15. The van der Waals surface area contributed by atoms with Crippen LogP contribution in [-0.4, -0.2) is 61.1 Å². The Hall–Kier alpha value is -1.71. The first kappa shape index (κ1) is 41.3. The van der Waals surface area contributed by atoms with Gasteiger partial charge in [0.1, 0.15) is 5.75 Å². The lowest BCUT2D eigenvalue weighted by molar-refractivity contribution is -0.273. The number of alkyl halides is 8. The third-order valence-corrected chi connectivity index (χ3v) is 7.24. The minimum absolute atomic E-state index is 0.0599. The Morgan fingerprint density at radius 1 is 0.581 bits per heavy atom. The molecular formula is C27H44F8O7S. The van der Waals surface area contributed by atoms with E-state index < -0.39 is 58.3 Å². The van der Waals surface area contributed by atoms with Gasteiger partial charge >= 0.3 is 24.3 Å². The van der Waals surface area contributed by atoms with Crippen molar-refractivity contribution in [2.45, 2.75) is 153 Å². The molecule has 0 aliphatic rings. The van der Waals surface area contributed by atoms with E-state index in [-0.39, 0.29) is 26.2 Å². The zero-order chi connectivity index (χ0) is 33.2. The fourth-order valence-electron chi connectivity index (χ4n) is 4.27. The first-order valence-electron chi connectivity index (χ1n) is 14.6. The molecule has 0 fully saturated rings. The van der Waals surface area contributed by atoms with Crippen molar-refractivity contribution in [1.29, 1.82) is 0 Å². The average molecular weight is 665 g/mol. The maximum absolute atomic E-state index is 13.0. The molecule has 256 valence electrons. The van der Waals surface area contributed by atoms with Gasteiger partial charge in [-0.2, -0.15) is 34.8 Å². The molecule has 0 aliphatic heterocycles. The standard InChI is InChI=1S/C27H44F8O7S/c1-25(28,29)24(27(33,34)35)42-23(37)19-17-15-13-11-9-7-5-3-2-4-6-8-10-12-14-16-18-22(36)41-21(26(30,31)32)20-43(38,39)40/h21,24H,2-20H2,1H3,(H,38,39,40). The van der Waals surface area contributed by atoms with E-state index in [1.807, 2.05) is 0 Å². The van der Waals surface area contributed by atoms with Crippen molar-refractivity contribution >= 4 is 22.1 Å². The highest BCUT2D eigenvalue weighted by Crippen LogP contribution is 2.34. The predicted molar refractivity (Wildman–Crippen MR) is 142 cm³/mol. The Morgan fingerprint density at radius 2 is 0.884 bits per heavy atom. The lowest BCUT2D eigenvalue weighted by Crippen LogP contribution is -2.46. The second kappa shape index (κ2) is 20.3. The van der Waals surface area contributed by atoms with E-state index in [1.54, 1.807) is 0 Å². The molecule has 0 saturated carbocycles. The highest BCUT2D eigenvalue weighted by Gasteiger charge is 2.56. The number of carbonyl (C=O) groups is 2. The van der Waals surface area contributed by atoms with Crippen molar-refractivity contribution in [3.05, 3.63) is 0 Å². The second-order valence-corrected chi connectivity index (χ2v) is 12.3. The molecule has 0 bridgehead atoms. The minimum atomic E-state index is -5.34. The van der Waals surface area contributed by atoms with Crippen LogP contribution in [0.15, 0.2) is 0 Å². The van der Waals surface area contributed by atoms with Gasteiger partial charge < -0.3 is 9.47 Å². The molecule has 1 N–H and O–H groups in total. The minimum Gasteiger partial charge on any atom is -0.451 e. The van der Waals surface area contributed by atoms with Gasteiger partial charge in [-0.25, -0.2) is 8.78 Å². The average Bonchev–Trinajstić information content (AvgIpc) is 2.83. The van der Waals surface area contributed by atoms with E-state index in [0.29, 0.717) is 19.3 Å². The van der Waals surface area contributed by atoms with E-state index >= 15 is 0 Å². The number of ether oxygens (including phenoxy) is 2. The van der Waals surface area contributed by atoms with Crippen LogP contribution < -0.4 is 0 Å². The van der Waals surface area contributed by atoms with Crippen molar-refractivity contribution < 1.29 is 67.2 Å². The number of hydrogen-bond acceptors (Lipinski definition) is 6. The van der Waals surface area contributed by atoms with Crippen LogP contribution in [0.25, 0.3) is 0 Å². The number of esters is 2. The molecule has 0 radical (unpaired) electrons. The maximum atomic E-state index is 13.0. The van der Waals surface area contributed by atoms with Crippen LogP contribution in [0.3, 0.4) is 0 Å². The van der Waals surface area contributed by atoms with Gasteiger partial charge in [-0.1, -0.05) is 89.9 Å². The van der Waals surface area contributed by atoms with Gasteiger partial charge in [0, 0.05) is 19.8 Å². The van der Waals surface area contributed by atoms with Gasteiger partial charge in [0.2, 0.25) is 6.10 Å². The SMILES string of the molecule is CC(F)(F)C(OC(=O)CCCCCCCCCCCCCCCCCCC(=O)OC(CS(=O)(=O)O)C(F)(F)F)C(F)(F)F. The first-order valence-corrected chi connectivity index (χ1v) is 16.2.